The van der Waals surface area contributed by atoms with E-state index in [0.717, 1.165) is 28.3 Å². The van der Waals surface area contributed by atoms with Gasteiger partial charge in [-0.3, -0.25) is 13.9 Å². The Kier molecular flexibility index (Phi) is 9.25. The van der Waals surface area contributed by atoms with E-state index in [4.69, 9.17) is 11.6 Å². The van der Waals surface area contributed by atoms with Crippen molar-refractivity contribution in [3.8, 4) is 0 Å². The molecule has 0 heterocycles. The van der Waals surface area contributed by atoms with Crippen molar-refractivity contribution in [1.82, 2.24) is 10.2 Å². The molecule has 0 radical (unpaired) electrons. The Hall–Kier alpha value is -2.65. The lowest BCUT2D eigenvalue weighted by molar-refractivity contribution is -0.139. The van der Waals surface area contributed by atoms with E-state index in [2.05, 4.69) is 5.32 Å². The summed E-state index contributed by atoms with van der Waals surface area (Å²) >= 11 is 5.82. The number of amides is 2. The number of sulfonamides is 1. The number of nitrogens with zero attached hydrogens (tertiary/aromatic N) is 2. The molecule has 0 saturated heterocycles. The molecular weight excluding hydrogens is 469 g/mol. The first kappa shape index (κ1) is 26.6. The Morgan fingerprint density at radius 3 is 2.27 bits per heavy atom. The van der Waals surface area contributed by atoms with Gasteiger partial charge in [0.2, 0.25) is 21.8 Å². The predicted octanol–water partition coefficient (Wildman–Crippen LogP) is 3.43. The van der Waals surface area contributed by atoms with Crippen LogP contribution in [0, 0.1) is 11.7 Å². The summed E-state index contributed by atoms with van der Waals surface area (Å²) in [6.07, 6.45) is 0.942. The van der Waals surface area contributed by atoms with E-state index < -0.39 is 34.3 Å². The van der Waals surface area contributed by atoms with Gasteiger partial charge in [-0.2, -0.15) is 0 Å². The first-order valence-corrected chi connectivity index (χ1v) is 12.7. The minimum atomic E-state index is -3.91. The van der Waals surface area contributed by atoms with Crippen LogP contribution in [-0.2, 0) is 26.2 Å². The van der Waals surface area contributed by atoms with Crippen molar-refractivity contribution in [2.75, 3.05) is 23.7 Å². The summed E-state index contributed by atoms with van der Waals surface area (Å²) in [7, 11) is -3.91. The maximum Gasteiger partial charge on any atom is 0.244 e. The van der Waals surface area contributed by atoms with Gasteiger partial charge < -0.3 is 10.2 Å². The van der Waals surface area contributed by atoms with Crippen LogP contribution >= 0.6 is 11.6 Å². The monoisotopic (exact) mass is 497 g/mol. The molecule has 0 aromatic heterocycles. The average Bonchev–Trinajstić information content (AvgIpc) is 2.75. The molecule has 2 aromatic carbocycles. The molecule has 2 amide bonds. The number of anilines is 1. The zero-order valence-electron chi connectivity index (χ0n) is 19.1. The van der Waals surface area contributed by atoms with Gasteiger partial charge in [-0.1, -0.05) is 55.8 Å². The van der Waals surface area contributed by atoms with E-state index in [1.165, 1.54) is 11.0 Å². The summed E-state index contributed by atoms with van der Waals surface area (Å²) in [5.41, 5.74) is 0.832. The van der Waals surface area contributed by atoms with Gasteiger partial charge in [0.25, 0.3) is 0 Å². The summed E-state index contributed by atoms with van der Waals surface area (Å²) in [5, 5.41) is 2.54. The highest BCUT2D eigenvalue weighted by atomic mass is 35.5. The van der Waals surface area contributed by atoms with Crippen molar-refractivity contribution in [3.63, 3.8) is 0 Å². The van der Waals surface area contributed by atoms with Crippen LogP contribution in [0.2, 0.25) is 5.02 Å². The van der Waals surface area contributed by atoms with Crippen LogP contribution < -0.4 is 9.62 Å². The summed E-state index contributed by atoms with van der Waals surface area (Å²) < 4.78 is 39.4. The second-order valence-electron chi connectivity index (χ2n) is 8.19. The van der Waals surface area contributed by atoms with Crippen molar-refractivity contribution in [2.45, 2.75) is 33.4 Å². The fourth-order valence-electron chi connectivity index (χ4n) is 3.07. The molecule has 0 spiro atoms. The Balaban J connectivity index is 2.36. The molecule has 2 rings (SSSR count). The molecule has 0 fully saturated rings. The summed E-state index contributed by atoms with van der Waals surface area (Å²) in [6, 6.07) is 11.6. The van der Waals surface area contributed by atoms with Gasteiger partial charge in [-0.25, -0.2) is 12.8 Å². The molecule has 1 unspecified atom stereocenters. The summed E-state index contributed by atoms with van der Waals surface area (Å²) in [6.45, 7) is 5.48. The van der Waals surface area contributed by atoms with Crippen LogP contribution in [0.3, 0.4) is 0 Å². The Bertz CT molecular complexity index is 1080. The van der Waals surface area contributed by atoms with E-state index in [9.17, 15) is 22.4 Å². The quantitative estimate of drug-likeness (QED) is 0.544. The van der Waals surface area contributed by atoms with Gasteiger partial charge in [0, 0.05) is 13.1 Å². The molecule has 7 nitrogen and oxygen atoms in total. The number of carbonyl (C=O) groups excluding carboxylic acids is 2. The molecule has 0 aliphatic carbocycles. The van der Waals surface area contributed by atoms with Crippen LogP contribution in [0.4, 0.5) is 10.1 Å². The number of halogens is 2. The Labute approximate surface area is 199 Å². The second kappa shape index (κ2) is 11.5. The zero-order valence-corrected chi connectivity index (χ0v) is 20.7. The summed E-state index contributed by atoms with van der Waals surface area (Å²) in [5.74, 6) is -1.41. The molecule has 1 N–H and O–H groups in total. The standard InChI is InChI=1S/C23H29ClFN3O4S/c1-16(2)13-26-23(30)17(3)27(14-18-8-6-5-7-9-18)22(29)15-28(33(4,31)32)19-10-11-21(25)20(24)12-19/h5-12,16-17H,13-15H2,1-4H3,(H,26,30). The number of carbonyl (C=O) groups is 2. The lowest BCUT2D eigenvalue weighted by Crippen LogP contribution is -2.51. The maximum absolute atomic E-state index is 13.6. The van der Waals surface area contributed by atoms with Gasteiger partial charge in [0.05, 0.1) is 17.0 Å². The zero-order chi connectivity index (χ0) is 24.8. The average molecular weight is 498 g/mol. The maximum atomic E-state index is 13.6. The third kappa shape index (κ3) is 7.71. The molecule has 0 aliphatic heterocycles. The van der Waals surface area contributed by atoms with Crippen LogP contribution in [0.25, 0.3) is 0 Å². The molecular formula is C23H29ClFN3O4S. The molecule has 180 valence electrons. The molecule has 33 heavy (non-hydrogen) atoms. The number of hydrogen-bond acceptors (Lipinski definition) is 4. The van der Waals surface area contributed by atoms with E-state index in [-0.39, 0.29) is 29.1 Å². The Morgan fingerprint density at radius 1 is 1.09 bits per heavy atom. The van der Waals surface area contributed by atoms with Crippen LogP contribution in [0.5, 0.6) is 0 Å². The lowest BCUT2D eigenvalue weighted by atomic mass is 10.1. The number of hydrogen-bond donors (Lipinski definition) is 1. The van der Waals surface area contributed by atoms with Crippen LogP contribution in [0.1, 0.15) is 26.3 Å². The third-order valence-corrected chi connectivity index (χ3v) is 6.35. The third-order valence-electron chi connectivity index (χ3n) is 4.92. The second-order valence-corrected chi connectivity index (χ2v) is 10.5. The van der Waals surface area contributed by atoms with Crippen molar-refractivity contribution in [1.29, 1.82) is 0 Å². The van der Waals surface area contributed by atoms with Crippen LogP contribution in [0.15, 0.2) is 48.5 Å². The van der Waals surface area contributed by atoms with Gasteiger partial charge in [0.15, 0.2) is 0 Å². The largest absolute Gasteiger partial charge is 0.354 e. The van der Waals surface area contributed by atoms with E-state index in [1.807, 2.05) is 44.2 Å². The minimum Gasteiger partial charge on any atom is -0.354 e. The van der Waals surface area contributed by atoms with Crippen molar-refractivity contribution in [2.24, 2.45) is 5.92 Å². The van der Waals surface area contributed by atoms with Crippen molar-refractivity contribution < 1.29 is 22.4 Å². The fourth-order valence-corrected chi connectivity index (χ4v) is 4.09. The number of nitrogens with one attached hydrogen (secondary N) is 1. The van der Waals surface area contributed by atoms with Gasteiger partial charge in [0.1, 0.15) is 18.4 Å². The normalized spacial score (nSPS) is 12.3. The minimum absolute atomic E-state index is 0.0498. The fraction of sp³-hybridized carbons (Fsp3) is 0.391. The topological polar surface area (TPSA) is 86.8 Å². The first-order valence-electron chi connectivity index (χ1n) is 10.4. The first-order chi connectivity index (χ1) is 15.4. The van der Waals surface area contributed by atoms with Crippen molar-refractivity contribution >= 4 is 39.1 Å². The van der Waals surface area contributed by atoms with Gasteiger partial charge in [-0.05, 0) is 36.6 Å². The van der Waals surface area contributed by atoms with Gasteiger partial charge in [-0.15, -0.1) is 0 Å². The molecule has 2 aromatic rings. The van der Waals surface area contributed by atoms with E-state index >= 15 is 0 Å². The summed E-state index contributed by atoms with van der Waals surface area (Å²) in [4.78, 5) is 27.4. The van der Waals surface area contributed by atoms with E-state index in [0.29, 0.717) is 6.54 Å². The van der Waals surface area contributed by atoms with Crippen molar-refractivity contribution in [3.05, 3.63) is 64.9 Å². The highest BCUT2D eigenvalue weighted by Crippen LogP contribution is 2.25. The highest BCUT2D eigenvalue weighted by Gasteiger charge is 2.30. The molecule has 10 heteroatoms. The van der Waals surface area contributed by atoms with Gasteiger partial charge >= 0.3 is 0 Å². The number of rotatable bonds is 10. The lowest BCUT2D eigenvalue weighted by Gasteiger charge is -2.31. The molecule has 0 bridgehead atoms. The van der Waals surface area contributed by atoms with Crippen LogP contribution in [-0.4, -0.2) is 50.5 Å². The molecule has 0 saturated carbocycles. The SMILES string of the molecule is CC(C)CNC(=O)C(C)N(Cc1ccccc1)C(=O)CN(c1ccc(F)c(Cl)c1)S(C)(=O)=O. The number of benzene rings is 2. The highest BCUT2D eigenvalue weighted by molar-refractivity contribution is 7.92. The smallest absolute Gasteiger partial charge is 0.244 e. The molecule has 1 atom stereocenters. The predicted molar refractivity (Wildman–Crippen MR) is 128 cm³/mol. The Morgan fingerprint density at radius 2 is 1.73 bits per heavy atom. The molecule has 0 aliphatic rings. The van der Waals surface area contributed by atoms with E-state index in [1.54, 1.807) is 6.92 Å².